The lowest BCUT2D eigenvalue weighted by Crippen LogP contribution is -2.19. The van der Waals surface area contributed by atoms with Crippen LogP contribution in [0.25, 0.3) is 0 Å². The Morgan fingerprint density at radius 3 is 2.79 bits per heavy atom. The molecule has 3 N–H and O–H groups in total. The lowest BCUT2D eigenvalue weighted by atomic mass is 9.90. The molecule has 3 rings (SSSR count). The smallest absolute Gasteiger partial charge is 0.221 e. The summed E-state index contributed by atoms with van der Waals surface area (Å²) in [6, 6.07) is 16.3. The van der Waals surface area contributed by atoms with E-state index in [1.807, 2.05) is 24.3 Å². The average molecular weight is 381 g/mol. The number of anilines is 1. The van der Waals surface area contributed by atoms with Gasteiger partial charge in [0.2, 0.25) is 5.91 Å². The fourth-order valence-electron chi connectivity index (χ4n) is 4.29. The number of carbonyl (C=O) groups is 1. The Balaban J connectivity index is 1.76. The van der Waals surface area contributed by atoms with Crippen LogP contribution in [0.15, 0.2) is 48.5 Å². The van der Waals surface area contributed by atoms with Crippen LogP contribution in [0.5, 0.6) is 5.75 Å². The quantitative estimate of drug-likeness (QED) is 0.637. The number of hydrogen-bond donors (Lipinski definition) is 2. The maximum atomic E-state index is 11.4. The minimum atomic E-state index is -0.0787. The molecular weight excluding hydrogens is 348 g/mol. The number of nitrogens with two attached hydrogens (primary N) is 1. The summed E-state index contributed by atoms with van der Waals surface area (Å²) in [5, 5.41) is 2.83. The second kappa shape index (κ2) is 9.74. The van der Waals surface area contributed by atoms with Crippen LogP contribution in [-0.2, 0) is 11.2 Å². The van der Waals surface area contributed by atoms with Gasteiger partial charge in [-0.05, 0) is 61.4 Å². The number of nitrogens with one attached hydrogen (secondary N) is 1. The average Bonchev–Trinajstić information content (AvgIpc) is 3.02. The molecule has 28 heavy (non-hydrogen) atoms. The van der Waals surface area contributed by atoms with Crippen LogP contribution >= 0.6 is 0 Å². The molecular formula is C24H32N2O2. The van der Waals surface area contributed by atoms with E-state index in [2.05, 4.69) is 36.5 Å². The number of rotatable bonds is 9. The third kappa shape index (κ3) is 5.14. The number of ether oxygens (including phenoxy) is 1. The maximum Gasteiger partial charge on any atom is 0.221 e. The molecule has 150 valence electrons. The van der Waals surface area contributed by atoms with E-state index in [-0.39, 0.29) is 12.0 Å². The third-order valence-electron chi connectivity index (χ3n) is 5.67. The number of hydrogen-bond acceptors (Lipinski definition) is 3. The van der Waals surface area contributed by atoms with E-state index < -0.39 is 0 Å². The second-order valence-corrected chi connectivity index (χ2v) is 7.88. The van der Waals surface area contributed by atoms with Crippen molar-refractivity contribution in [2.24, 2.45) is 17.6 Å². The number of amides is 1. The molecule has 1 aliphatic rings. The van der Waals surface area contributed by atoms with E-state index in [9.17, 15) is 4.79 Å². The van der Waals surface area contributed by atoms with Gasteiger partial charge in [-0.1, -0.05) is 43.7 Å². The zero-order valence-corrected chi connectivity index (χ0v) is 17.0. The molecule has 2 aromatic rings. The molecule has 0 aliphatic heterocycles. The van der Waals surface area contributed by atoms with Gasteiger partial charge in [0, 0.05) is 24.6 Å². The van der Waals surface area contributed by atoms with Crippen molar-refractivity contribution in [1.29, 1.82) is 0 Å². The van der Waals surface area contributed by atoms with E-state index in [1.54, 1.807) is 0 Å². The Hall–Kier alpha value is -2.33. The molecule has 2 aromatic carbocycles. The molecule has 0 saturated carbocycles. The molecule has 3 atom stereocenters. The molecule has 0 bridgehead atoms. The zero-order chi connectivity index (χ0) is 19.9. The fraction of sp³-hybridized carbons (Fsp3) is 0.458. The highest BCUT2D eigenvalue weighted by Crippen LogP contribution is 2.42. The van der Waals surface area contributed by atoms with Gasteiger partial charge in [0.15, 0.2) is 0 Å². The second-order valence-electron chi connectivity index (χ2n) is 7.88. The van der Waals surface area contributed by atoms with Crippen LogP contribution in [0.1, 0.15) is 56.8 Å². The summed E-state index contributed by atoms with van der Waals surface area (Å²) in [6.07, 6.45) is 5.74. The van der Waals surface area contributed by atoms with Crippen LogP contribution in [0.2, 0.25) is 0 Å². The Morgan fingerprint density at radius 1 is 1.21 bits per heavy atom. The summed E-state index contributed by atoms with van der Waals surface area (Å²) >= 11 is 0. The van der Waals surface area contributed by atoms with Crippen LogP contribution in [0, 0.1) is 11.8 Å². The highest BCUT2D eigenvalue weighted by atomic mass is 16.5. The summed E-state index contributed by atoms with van der Waals surface area (Å²) in [5.41, 5.74) is 9.41. The Labute approximate surface area is 168 Å². The zero-order valence-electron chi connectivity index (χ0n) is 17.0. The third-order valence-corrected chi connectivity index (χ3v) is 5.67. The van der Waals surface area contributed by atoms with Gasteiger partial charge in [0.25, 0.3) is 0 Å². The summed E-state index contributed by atoms with van der Waals surface area (Å²) < 4.78 is 6.48. The molecule has 1 unspecified atom stereocenters. The van der Waals surface area contributed by atoms with Crippen molar-refractivity contribution in [2.45, 2.75) is 52.1 Å². The van der Waals surface area contributed by atoms with Gasteiger partial charge in [0.05, 0.1) is 0 Å². The van der Waals surface area contributed by atoms with E-state index in [0.717, 1.165) is 37.2 Å². The highest BCUT2D eigenvalue weighted by Gasteiger charge is 2.34. The van der Waals surface area contributed by atoms with E-state index in [1.165, 1.54) is 30.9 Å². The highest BCUT2D eigenvalue weighted by molar-refractivity contribution is 5.88. The van der Waals surface area contributed by atoms with Crippen LogP contribution in [0.3, 0.4) is 0 Å². The summed E-state index contributed by atoms with van der Waals surface area (Å²) in [7, 11) is 0. The van der Waals surface area contributed by atoms with Gasteiger partial charge in [-0.2, -0.15) is 0 Å². The van der Waals surface area contributed by atoms with Crippen molar-refractivity contribution >= 4 is 11.6 Å². The lowest BCUT2D eigenvalue weighted by molar-refractivity contribution is -0.114. The predicted octanol–water partition coefficient (Wildman–Crippen LogP) is 5.09. The molecule has 4 nitrogen and oxygen atoms in total. The van der Waals surface area contributed by atoms with Crippen molar-refractivity contribution in [2.75, 3.05) is 11.9 Å². The SMILES string of the molecule is CCCC(CN)CC[C@@H]1Cc2ccccc2[C@H]1Oc1cccc(NC(C)=O)c1. The Morgan fingerprint density at radius 2 is 2.04 bits per heavy atom. The first-order valence-electron chi connectivity index (χ1n) is 10.4. The van der Waals surface area contributed by atoms with Gasteiger partial charge in [0.1, 0.15) is 11.9 Å². The number of benzene rings is 2. The molecule has 1 aliphatic carbocycles. The first-order valence-corrected chi connectivity index (χ1v) is 10.4. The minimum absolute atomic E-state index is 0.0452. The van der Waals surface area contributed by atoms with Crippen LogP contribution < -0.4 is 15.8 Å². The Kier molecular flexibility index (Phi) is 7.10. The largest absolute Gasteiger partial charge is 0.485 e. The fourth-order valence-corrected chi connectivity index (χ4v) is 4.29. The Bertz CT molecular complexity index is 790. The summed E-state index contributed by atoms with van der Waals surface area (Å²) in [6.45, 7) is 4.50. The molecule has 0 aromatic heterocycles. The molecule has 4 heteroatoms. The first-order chi connectivity index (χ1) is 13.6. The molecule has 1 amide bonds. The van der Waals surface area contributed by atoms with Crippen molar-refractivity contribution in [1.82, 2.24) is 0 Å². The van der Waals surface area contributed by atoms with Gasteiger partial charge in [-0.15, -0.1) is 0 Å². The van der Waals surface area contributed by atoms with Gasteiger partial charge >= 0.3 is 0 Å². The number of fused-ring (bicyclic) bond motifs is 1. The van der Waals surface area contributed by atoms with Crippen molar-refractivity contribution < 1.29 is 9.53 Å². The lowest BCUT2D eigenvalue weighted by Gasteiger charge is -2.24. The molecule has 0 heterocycles. The van der Waals surface area contributed by atoms with Gasteiger partial charge < -0.3 is 15.8 Å². The van der Waals surface area contributed by atoms with E-state index >= 15 is 0 Å². The van der Waals surface area contributed by atoms with Crippen molar-refractivity contribution in [3.63, 3.8) is 0 Å². The van der Waals surface area contributed by atoms with E-state index in [0.29, 0.717) is 11.8 Å². The monoisotopic (exact) mass is 380 g/mol. The van der Waals surface area contributed by atoms with Crippen LogP contribution in [-0.4, -0.2) is 12.5 Å². The topological polar surface area (TPSA) is 64.3 Å². The maximum absolute atomic E-state index is 11.4. The minimum Gasteiger partial charge on any atom is -0.485 e. The predicted molar refractivity (Wildman–Crippen MR) is 114 cm³/mol. The molecule has 0 spiro atoms. The van der Waals surface area contributed by atoms with Gasteiger partial charge in [-0.3, -0.25) is 4.79 Å². The van der Waals surface area contributed by atoms with Crippen LogP contribution in [0.4, 0.5) is 5.69 Å². The normalized spacial score (nSPS) is 19.1. The van der Waals surface area contributed by atoms with E-state index in [4.69, 9.17) is 10.5 Å². The summed E-state index contributed by atoms with van der Waals surface area (Å²) in [4.78, 5) is 11.4. The van der Waals surface area contributed by atoms with Crippen molar-refractivity contribution in [3.05, 3.63) is 59.7 Å². The standard InChI is InChI=1S/C24H32N2O2/c1-3-7-18(16-25)12-13-20-14-19-8-4-5-11-23(19)24(20)28-22-10-6-9-21(15-22)26-17(2)27/h4-6,8-11,15,18,20,24H,3,7,12-14,16,25H2,1-2H3,(H,26,27)/t18?,20-,24+/m1/s1. The molecule has 0 saturated heterocycles. The van der Waals surface area contributed by atoms with Crippen molar-refractivity contribution in [3.8, 4) is 5.75 Å². The molecule has 0 radical (unpaired) electrons. The molecule has 0 fully saturated rings. The summed E-state index contributed by atoms with van der Waals surface area (Å²) in [5.74, 6) is 1.76. The number of carbonyl (C=O) groups excluding carboxylic acids is 1. The van der Waals surface area contributed by atoms with Gasteiger partial charge in [-0.25, -0.2) is 0 Å². The first kappa shape index (κ1) is 20.4.